The minimum atomic E-state index is -0.395. The first-order chi connectivity index (χ1) is 14.5. The van der Waals surface area contributed by atoms with E-state index in [1.54, 1.807) is 31.4 Å². The van der Waals surface area contributed by atoms with E-state index in [0.29, 0.717) is 27.8 Å². The number of benzene rings is 3. The lowest BCUT2D eigenvalue weighted by Gasteiger charge is -2.09. The molecule has 0 saturated carbocycles. The summed E-state index contributed by atoms with van der Waals surface area (Å²) in [5.74, 6) is -0.0525. The van der Waals surface area contributed by atoms with Gasteiger partial charge in [-0.05, 0) is 66.7 Å². The van der Waals surface area contributed by atoms with Crippen LogP contribution in [0.5, 0.6) is 5.75 Å². The Morgan fingerprint density at radius 1 is 1.03 bits per heavy atom. The highest BCUT2D eigenvalue weighted by atomic mass is 35.5. The SMILES string of the molecule is COc1ccc(-c2cc(C(=O)Nc3ccc(F)cc3)n(-c3ccccc3Cl)n2)cc1. The van der Waals surface area contributed by atoms with E-state index in [1.807, 2.05) is 30.3 Å². The first-order valence-corrected chi connectivity index (χ1v) is 9.49. The fourth-order valence-corrected chi connectivity index (χ4v) is 3.20. The summed E-state index contributed by atoms with van der Waals surface area (Å²) < 4.78 is 19.9. The third kappa shape index (κ3) is 4.04. The second-order valence-corrected chi connectivity index (χ2v) is 6.87. The number of carbonyl (C=O) groups excluding carboxylic acids is 1. The maximum absolute atomic E-state index is 13.2. The first-order valence-electron chi connectivity index (χ1n) is 9.11. The molecule has 1 heterocycles. The molecule has 1 amide bonds. The molecule has 7 heteroatoms. The number of anilines is 1. The highest BCUT2D eigenvalue weighted by molar-refractivity contribution is 6.32. The molecule has 4 rings (SSSR count). The van der Waals surface area contributed by atoms with E-state index in [0.717, 1.165) is 11.3 Å². The Kier molecular flexibility index (Phi) is 5.50. The van der Waals surface area contributed by atoms with E-state index in [2.05, 4.69) is 10.4 Å². The van der Waals surface area contributed by atoms with Crippen LogP contribution >= 0.6 is 11.6 Å². The molecule has 3 aromatic carbocycles. The number of nitrogens with one attached hydrogen (secondary N) is 1. The highest BCUT2D eigenvalue weighted by Gasteiger charge is 2.19. The van der Waals surface area contributed by atoms with Gasteiger partial charge in [0.2, 0.25) is 0 Å². The van der Waals surface area contributed by atoms with E-state index in [9.17, 15) is 9.18 Å². The van der Waals surface area contributed by atoms with Crippen molar-refractivity contribution < 1.29 is 13.9 Å². The Bertz CT molecular complexity index is 1190. The van der Waals surface area contributed by atoms with Gasteiger partial charge in [-0.1, -0.05) is 23.7 Å². The Morgan fingerprint density at radius 3 is 2.40 bits per heavy atom. The average molecular weight is 422 g/mol. The highest BCUT2D eigenvalue weighted by Crippen LogP contribution is 2.27. The summed E-state index contributed by atoms with van der Waals surface area (Å²) in [6.07, 6.45) is 0. The number of hydrogen-bond acceptors (Lipinski definition) is 3. The smallest absolute Gasteiger partial charge is 0.274 e. The van der Waals surface area contributed by atoms with Gasteiger partial charge < -0.3 is 10.1 Å². The molecular weight excluding hydrogens is 405 g/mol. The summed E-state index contributed by atoms with van der Waals surface area (Å²) in [5.41, 5.74) is 2.75. The minimum Gasteiger partial charge on any atom is -0.497 e. The van der Waals surface area contributed by atoms with Gasteiger partial charge in [0.1, 0.15) is 17.3 Å². The van der Waals surface area contributed by atoms with Gasteiger partial charge in [-0.3, -0.25) is 4.79 Å². The lowest BCUT2D eigenvalue weighted by Crippen LogP contribution is -2.17. The van der Waals surface area contributed by atoms with Crippen molar-refractivity contribution in [2.24, 2.45) is 0 Å². The Balaban J connectivity index is 1.76. The number of para-hydroxylation sites is 1. The van der Waals surface area contributed by atoms with Gasteiger partial charge in [0.15, 0.2) is 0 Å². The Hall–Kier alpha value is -3.64. The molecule has 150 valence electrons. The zero-order valence-corrected chi connectivity index (χ0v) is 16.7. The Morgan fingerprint density at radius 2 is 1.73 bits per heavy atom. The number of nitrogens with zero attached hydrogens (tertiary/aromatic N) is 2. The predicted octanol–water partition coefficient (Wildman–Crippen LogP) is 5.59. The number of amides is 1. The van der Waals surface area contributed by atoms with Crippen LogP contribution in [0.2, 0.25) is 5.02 Å². The second kappa shape index (κ2) is 8.39. The summed E-state index contributed by atoms with van der Waals surface area (Å²) in [6.45, 7) is 0. The minimum absolute atomic E-state index is 0.290. The van der Waals surface area contributed by atoms with Crippen LogP contribution in [0.1, 0.15) is 10.5 Å². The molecule has 1 N–H and O–H groups in total. The maximum atomic E-state index is 13.2. The predicted molar refractivity (Wildman–Crippen MR) is 115 cm³/mol. The van der Waals surface area contributed by atoms with Crippen molar-refractivity contribution in [2.45, 2.75) is 0 Å². The fourth-order valence-electron chi connectivity index (χ4n) is 2.98. The summed E-state index contributed by atoms with van der Waals surface area (Å²) >= 11 is 6.36. The number of methoxy groups -OCH3 is 1. The molecule has 0 radical (unpaired) electrons. The van der Waals surface area contributed by atoms with Gasteiger partial charge in [0.25, 0.3) is 5.91 Å². The summed E-state index contributed by atoms with van der Waals surface area (Å²) in [7, 11) is 1.60. The van der Waals surface area contributed by atoms with Crippen LogP contribution in [0, 0.1) is 5.82 Å². The van der Waals surface area contributed by atoms with Gasteiger partial charge in [-0.25, -0.2) is 9.07 Å². The lowest BCUT2D eigenvalue weighted by atomic mass is 10.1. The van der Waals surface area contributed by atoms with Crippen LogP contribution in [-0.2, 0) is 0 Å². The number of ether oxygens (including phenoxy) is 1. The van der Waals surface area contributed by atoms with Crippen molar-refractivity contribution in [3.8, 4) is 22.7 Å². The normalized spacial score (nSPS) is 10.6. The molecule has 0 unspecified atom stereocenters. The molecule has 0 aliphatic rings. The van der Waals surface area contributed by atoms with Crippen LogP contribution in [-0.4, -0.2) is 22.8 Å². The third-order valence-electron chi connectivity index (χ3n) is 4.51. The zero-order chi connectivity index (χ0) is 21.1. The maximum Gasteiger partial charge on any atom is 0.274 e. The van der Waals surface area contributed by atoms with Gasteiger partial charge in [-0.2, -0.15) is 5.10 Å². The number of rotatable bonds is 5. The summed E-state index contributed by atoms with van der Waals surface area (Å²) in [5, 5.41) is 7.84. The van der Waals surface area contributed by atoms with Crippen LogP contribution < -0.4 is 10.1 Å². The summed E-state index contributed by atoms with van der Waals surface area (Å²) in [6, 6.07) is 21.7. The molecular formula is C23H17ClFN3O2. The van der Waals surface area contributed by atoms with E-state index < -0.39 is 5.91 Å². The summed E-state index contributed by atoms with van der Waals surface area (Å²) in [4.78, 5) is 13.0. The standard InChI is InChI=1S/C23H17ClFN3O2/c1-30-18-12-6-15(7-13-18)20-14-22(23(29)26-17-10-8-16(25)9-11-17)28(27-20)21-5-3-2-4-19(21)24/h2-14H,1H3,(H,26,29). The van der Waals surface area contributed by atoms with Gasteiger partial charge in [0.05, 0.1) is 23.5 Å². The monoisotopic (exact) mass is 421 g/mol. The molecule has 0 bridgehead atoms. The number of aromatic nitrogens is 2. The molecule has 30 heavy (non-hydrogen) atoms. The van der Waals surface area contributed by atoms with Crippen LogP contribution in [0.4, 0.5) is 10.1 Å². The van der Waals surface area contributed by atoms with E-state index in [-0.39, 0.29) is 5.82 Å². The van der Waals surface area contributed by atoms with E-state index >= 15 is 0 Å². The van der Waals surface area contributed by atoms with Gasteiger partial charge in [-0.15, -0.1) is 0 Å². The number of hydrogen-bond donors (Lipinski definition) is 1. The fraction of sp³-hybridized carbons (Fsp3) is 0.0435. The quantitative estimate of drug-likeness (QED) is 0.456. The van der Waals surface area contributed by atoms with Crippen LogP contribution in [0.3, 0.4) is 0 Å². The molecule has 0 saturated heterocycles. The lowest BCUT2D eigenvalue weighted by molar-refractivity contribution is 0.101. The third-order valence-corrected chi connectivity index (χ3v) is 4.83. The van der Waals surface area contributed by atoms with Crippen molar-refractivity contribution in [3.63, 3.8) is 0 Å². The topological polar surface area (TPSA) is 56.1 Å². The van der Waals surface area contributed by atoms with Gasteiger partial charge in [0, 0.05) is 11.3 Å². The zero-order valence-electron chi connectivity index (χ0n) is 16.0. The van der Waals surface area contributed by atoms with Crippen LogP contribution in [0.15, 0.2) is 78.9 Å². The molecule has 0 atom stereocenters. The molecule has 0 aliphatic carbocycles. The second-order valence-electron chi connectivity index (χ2n) is 6.47. The van der Waals surface area contributed by atoms with E-state index in [1.165, 1.54) is 28.9 Å². The molecule has 0 spiro atoms. The van der Waals surface area contributed by atoms with Crippen molar-refractivity contribution in [3.05, 3.63) is 95.4 Å². The van der Waals surface area contributed by atoms with Crippen LogP contribution in [0.25, 0.3) is 16.9 Å². The Labute approximate surface area is 177 Å². The van der Waals surface area contributed by atoms with E-state index in [4.69, 9.17) is 16.3 Å². The number of halogens is 2. The molecule has 5 nitrogen and oxygen atoms in total. The van der Waals surface area contributed by atoms with Crippen molar-refractivity contribution in [1.29, 1.82) is 0 Å². The van der Waals surface area contributed by atoms with Crippen molar-refractivity contribution in [1.82, 2.24) is 9.78 Å². The molecule has 0 fully saturated rings. The number of carbonyl (C=O) groups is 1. The van der Waals surface area contributed by atoms with Crippen molar-refractivity contribution >= 4 is 23.2 Å². The molecule has 0 aliphatic heterocycles. The largest absolute Gasteiger partial charge is 0.497 e. The first kappa shape index (κ1) is 19.7. The molecule has 1 aromatic heterocycles. The van der Waals surface area contributed by atoms with Gasteiger partial charge >= 0.3 is 0 Å². The average Bonchev–Trinajstić information content (AvgIpc) is 3.21. The van der Waals surface area contributed by atoms with Crippen molar-refractivity contribution in [2.75, 3.05) is 12.4 Å². The molecule has 4 aromatic rings.